The Labute approximate surface area is 163 Å². The van der Waals surface area contributed by atoms with Gasteiger partial charge in [0.1, 0.15) is 11.6 Å². The second-order valence-electron chi connectivity index (χ2n) is 6.45. The second-order valence-corrected chi connectivity index (χ2v) is 6.45. The van der Waals surface area contributed by atoms with Gasteiger partial charge in [-0.2, -0.15) is 0 Å². The van der Waals surface area contributed by atoms with Gasteiger partial charge in [0, 0.05) is 18.3 Å². The van der Waals surface area contributed by atoms with E-state index in [4.69, 9.17) is 10.5 Å². The minimum absolute atomic E-state index is 0.421. The molecule has 2 rings (SSSR count). The molecule has 0 aliphatic heterocycles. The van der Waals surface area contributed by atoms with Gasteiger partial charge in [-0.3, -0.25) is 0 Å². The summed E-state index contributed by atoms with van der Waals surface area (Å²) in [4.78, 5) is 4.61. The van der Waals surface area contributed by atoms with E-state index < -0.39 is 0 Å². The first kappa shape index (κ1) is 22.3. The standard InChI is InChI=1S/C21H27N3O.C2H6/c1-12(2)8-18(25-7)19-13(3)11-17(24-21(19)22)16-9-14(4)20(23-6)15(5)10-16;1-2/h8-11,23H,3H2,1-2,4-7H3,(H2,22,24);1-2H3/b19-18-;. The first-order valence-electron chi connectivity index (χ1n) is 9.26. The van der Waals surface area contributed by atoms with Crippen LogP contribution in [0.5, 0.6) is 0 Å². The van der Waals surface area contributed by atoms with Gasteiger partial charge in [-0.05, 0) is 68.3 Å². The van der Waals surface area contributed by atoms with Crippen LogP contribution in [0.2, 0.25) is 0 Å². The average Bonchev–Trinajstić information content (AvgIpc) is 2.61. The largest absolute Gasteiger partial charge is 0.496 e. The van der Waals surface area contributed by atoms with Gasteiger partial charge in [-0.25, -0.2) is 4.98 Å². The molecule has 0 spiro atoms. The lowest BCUT2D eigenvalue weighted by Gasteiger charge is -2.13. The van der Waals surface area contributed by atoms with E-state index in [9.17, 15) is 0 Å². The molecule has 0 amide bonds. The summed E-state index contributed by atoms with van der Waals surface area (Å²) in [6.07, 6.45) is 1.94. The number of hydrogen-bond donors (Lipinski definition) is 2. The van der Waals surface area contributed by atoms with Crippen LogP contribution in [0.3, 0.4) is 0 Å². The van der Waals surface area contributed by atoms with Crippen molar-refractivity contribution in [2.45, 2.75) is 41.5 Å². The zero-order valence-corrected chi connectivity index (χ0v) is 17.9. The van der Waals surface area contributed by atoms with E-state index in [0.29, 0.717) is 11.6 Å². The quantitative estimate of drug-likeness (QED) is 0.852. The van der Waals surface area contributed by atoms with Gasteiger partial charge in [0.05, 0.1) is 18.0 Å². The zero-order valence-electron chi connectivity index (χ0n) is 17.9. The first-order valence-corrected chi connectivity index (χ1v) is 9.26. The molecule has 0 bridgehead atoms. The molecule has 27 heavy (non-hydrogen) atoms. The minimum atomic E-state index is 0.421. The van der Waals surface area contributed by atoms with Crippen LogP contribution < -0.4 is 21.5 Å². The normalized spacial score (nSPS) is 11.1. The number of aromatic nitrogens is 1. The molecular formula is C23H33N3O. The van der Waals surface area contributed by atoms with E-state index in [1.54, 1.807) is 7.11 Å². The maximum absolute atomic E-state index is 6.25. The van der Waals surface area contributed by atoms with Gasteiger partial charge < -0.3 is 15.8 Å². The molecule has 0 unspecified atom stereocenters. The number of anilines is 2. The molecule has 0 saturated heterocycles. The Morgan fingerprint density at radius 1 is 1.15 bits per heavy atom. The number of nitrogens with two attached hydrogens (primary N) is 1. The lowest BCUT2D eigenvalue weighted by atomic mass is 10.0. The third-order valence-electron chi connectivity index (χ3n) is 4.09. The van der Waals surface area contributed by atoms with Crippen molar-refractivity contribution in [1.29, 1.82) is 0 Å². The topological polar surface area (TPSA) is 60.2 Å². The number of nitrogens with one attached hydrogen (secondary N) is 1. The number of hydrogen-bond acceptors (Lipinski definition) is 4. The highest BCUT2D eigenvalue weighted by atomic mass is 16.5. The smallest absolute Gasteiger partial charge is 0.135 e. The molecule has 0 radical (unpaired) electrons. The van der Waals surface area contributed by atoms with Crippen LogP contribution in [0, 0.1) is 13.8 Å². The van der Waals surface area contributed by atoms with Crippen LogP contribution in [-0.4, -0.2) is 19.1 Å². The highest BCUT2D eigenvalue weighted by molar-refractivity contribution is 5.70. The van der Waals surface area contributed by atoms with Crippen LogP contribution in [0.1, 0.15) is 38.8 Å². The number of methoxy groups -OCH3 is 1. The Kier molecular flexibility index (Phi) is 8.10. The molecule has 0 atom stereocenters. The van der Waals surface area contributed by atoms with Crippen LogP contribution in [-0.2, 0) is 4.74 Å². The molecular weight excluding hydrogens is 334 g/mol. The number of aryl methyl sites for hydroxylation is 2. The molecule has 0 aliphatic rings. The fourth-order valence-corrected chi connectivity index (χ4v) is 3.05. The molecule has 0 saturated carbocycles. The lowest BCUT2D eigenvalue weighted by Crippen LogP contribution is -2.31. The maximum Gasteiger partial charge on any atom is 0.135 e. The highest BCUT2D eigenvalue weighted by Gasteiger charge is 2.09. The summed E-state index contributed by atoms with van der Waals surface area (Å²) in [6, 6.07) is 6.17. The van der Waals surface area contributed by atoms with E-state index >= 15 is 0 Å². The van der Waals surface area contributed by atoms with E-state index in [-0.39, 0.29) is 0 Å². The molecule has 146 valence electrons. The van der Waals surface area contributed by atoms with Crippen molar-refractivity contribution in [2.24, 2.45) is 0 Å². The lowest BCUT2D eigenvalue weighted by molar-refractivity contribution is 0.369. The van der Waals surface area contributed by atoms with Crippen molar-refractivity contribution in [1.82, 2.24) is 4.98 Å². The van der Waals surface area contributed by atoms with Crippen molar-refractivity contribution in [3.63, 3.8) is 0 Å². The highest BCUT2D eigenvalue weighted by Crippen LogP contribution is 2.26. The molecule has 2 aromatic rings. The summed E-state index contributed by atoms with van der Waals surface area (Å²) in [5.41, 5.74) is 12.7. The first-order chi connectivity index (χ1) is 12.8. The SMILES string of the molecule is C=c1cc(-c2cc(C)c(NC)c(C)c2)nc(N)/c1=C(/C=C(C)C)OC.CC. The van der Waals surface area contributed by atoms with Crippen LogP contribution >= 0.6 is 0 Å². The second kappa shape index (κ2) is 9.81. The summed E-state index contributed by atoms with van der Waals surface area (Å²) in [5, 5.41) is 4.77. The number of ether oxygens (including phenoxy) is 1. The van der Waals surface area contributed by atoms with Crippen molar-refractivity contribution >= 4 is 23.8 Å². The van der Waals surface area contributed by atoms with Crippen LogP contribution in [0.15, 0.2) is 29.8 Å². The van der Waals surface area contributed by atoms with E-state index in [0.717, 1.165) is 33.0 Å². The van der Waals surface area contributed by atoms with Gasteiger partial charge in [0.2, 0.25) is 0 Å². The molecule has 4 heteroatoms. The number of rotatable bonds is 4. The molecule has 0 aliphatic carbocycles. The third-order valence-corrected chi connectivity index (χ3v) is 4.09. The van der Waals surface area contributed by atoms with Crippen molar-refractivity contribution in [3.05, 3.63) is 51.4 Å². The summed E-state index contributed by atoms with van der Waals surface area (Å²) in [6.45, 7) is 16.3. The van der Waals surface area contributed by atoms with Gasteiger partial charge in [0.15, 0.2) is 0 Å². The summed E-state index contributed by atoms with van der Waals surface area (Å²) >= 11 is 0. The number of nitrogens with zero attached hydrogens (tertiary/aromatic N) is 1. The average molecular weight is 368 g/mol. The summed E-state index contributed by atoms with van der Waals surface area (Å²) in [5.74, 6) is 1.10. The number of allylic oxidation sites excluding steroid dienone is 1. The van der Waals surface area contributed by atoms with E-state index in [1.807, 2.05) is 46.9 Å². The molecule has 1 aromatic carbocycles. The molecule has 3 N–H and O–H groups in total. The number of benzene rings is 1. The van der Waals surface area contributed by atoms with Crippen molar-refractivity contribution in [3.8, 4) is 11.3 Å². The predicted octanol–water partition coefficient (Wildman–Crippen LogP) is 4.15. The van der Waals surface area contributed by atoms with Gasteiger partial charge in [0.25, 0.3) is 0 Å². The van der Waals surface area contributed by atoms with Crippen LogP contribution in [0.4, 0.5) is 11.5 Å². The van der Waals surface area contributed by atoms with Gasteiger partial charge in [-0.15, -0.1) is 0 Å². The Morgan fingerprint density at radius 2 is 1.70 bits per heavy atom. The minimum Gasteiger partial charge on any atom is -0.496 e. The molecule has 4 nitrogen and oxygen atoms in total. The maximum atomic E-state index is 6.25. The van der Waals surface area contributed by atoms with Crippen molar-refractivity contribution < 1.29 is 4.74 Å². The summed E-state index contributed by atoms with van der Waals surface area (Å²) in [7, 11) is 3.56. The van der Waals surface area contributed by atoms with Crippen LogP contribution in [0.25, 0.3) is 23.6 Å². The summed E-state index contributed by atoms with van der Waals surface area (Å²) < 4.78 is 5.49. The van der Waals surface area contributed by atoms with E-state index in [2.05, 4.69) is 42.9 Å². The Hall–Kier alpha value is -2.75. The monoisotopic (exact) mass is 367 g/mol. The fraction of sp³-hybridized carbons (Fsp3) is 0.348. The van der Waals surface area contributed by atoms with Crippen molar-refractivity contribution in [2.75, 3.05) is 25.2 Å². The molecule has 1 aromatic heterocycles. The van der Waals surface area contributed by atoms with E-state index in [1.165, 1.54) is 11.1 Å². The molecule has 0 fully saturated rings. The number of pyridine rings is 1. The Bertz CT molecular complexity index is 916. The predicted molar refractivity (Wildman–Crippen MR) is 119 cm³/mol. The molecule has 1 heterocycles. The van der Waals surface area contributed by atoms with Gasteiger partial charge in [-0.1, -0.05) is 26.0 Å². The zero-order chi connectivity index (χ0) is 20.7. The fourth-order valence-electron chi connectivity index (χ4n) is 3.05. The third kappa shape index (κ3) is 5.13. The number of nitrogen functional groups attached to an aromatic ring is 1. The van der Waals surface area contributed by atoms with Gasteiger partial charge >= 0.3 is 0 Å². The Morgan fingerprint density at radius 3 is 2.11 bits per heavy atom. The Balaban J connectivity index is 0.00000176.